The minimum absolute atomic E-state index is 0.0405. The van der Waals surface area contributed by atoms with Crippen LogP contribution in [0.2, 0.25) is 0 Å². The molecule has 4 aromatic rings. The maximum absolute atomic E-state index is 12.8. The molecule has 0 aliphatic heterocycles. The largest absolute Gasteiger partial charge is 0.478 e. The van der Waals surface area contributed by atoms with Gasteiger partial charge in [-0.1, -0.05) is 30.3 Å². The van der Waals surface area contributed by atoms with Gasteiger partial charge in [0.2, 0.25) is 5.91 Å². The van der Waals surface area contributed by atoms with Crippen molar-refractivity contribution in [3.8, 4) is 11.3 Å². The Balaban J connectivity index is 1.39. The monoisotopic (exact) mass is 548 g/mol. The molecule has 10 nitrogen and oxygen atoms in total. The lowest BCUT2D eigenvalue weighted by molar-refractivity contribution is -0.384. The number of aromatic carboxylic acids is 1. The van der Waals surface area contributed by atoms with E-state index in [0.29, 0.717) is 27.0 Å². The summed E-state index contributed by atoms with van der Waals surface area (Å²) in [6.07, 6.45) is 0. The first-order chi connectivity index (χ1) is 18.2. The van der Waals surface area contributed by atoms with Gasteiger partial charge in [0.15, 0.2) is 5.13 Å². The molecule has 4 rings (SSSR count). The van der Waals surface area contributed by atoms with Crippen LogP contribution >= 0.6 is 23.1 Å². The van der Waals surface area contributed by atoms with Gasteiger partial charge < -0.3 is 15.7 Å². The second kappa shape index (κ2) is 11.7. The summed E-state index contributed by atoms with van der Waals surface area (Å²) in [7, 11) is 0. The zero-order valence-corrected chi connectivity index (χ0v) is 21.4. The number of nitro groups is 1. The topological polar surface area (TPSA) is 152 Å². The number of non-ortho nitro benzene ring substituents is 1. The van der Waals surface area contributed by atoms with Gasteiger partial charge in [-0.15, -0.1) is 23.1 Å². The Hall–Kier alpha value is -4.55. The van der Waals surface area contributed by atoms with Gasteiger partial charge in [0.25, 0.3) is 11.6 Å². The quantitative estimate of drug-likeness (QED) is 0.135. The van der Waals surface area contributed by atoms with Crippen LogP contribution in [0.1, 0.15) is 27.6 Å². The van der Waals surface area contributed by atoms with E-state index in [0.717, 1.165) is 0 Å². The molecule has 12 heteroatoms. The molecule has 192 valence electrons. The van der Waals surface area contributed by atoms with Crippen molar-refractivity contribution < 1.29 is 24.4 Å². The summed E-state index contributed by atoms with van der Waals surface area (Å²) in [4.78, 5) is 52.5. The van der Waals surface area contributed by atoms with Crippen molar-refractivity contribution >= 4 is 57.4 Å². The fourth-order valence-corrected chi connectivity index (χ4v) is 5.07. The summed E-state index contributed by atoms with van der Waals surface area (Å²) in [5.74, 6) is -2.05. The molecule has 0 saturated carbocycles. The number of anilines is 2. The Labute approximate surface area is 224 Å². The molecule has 38 heavy (non-hydrogen) atoms. The number of nitrogens with zero attached hydrogens (tertiary/aromatic N) is 2. The number of hydrogen-bond donors (Lipinski definition) is 3. The number of carboxylic acids is 1. The van der Waals surface area contributed by atoms with Gasteiger partial charge >= 0.3 is 5.97 Å². The van der Waals surface area contributed by atoms with Crippen LogP contribution in [-0.2, 0) is 4.79 Å². The SMILES string of the molecule is CC(Sc1cccc(NC(=O)c2ccccc2C(=O)O)c1)C(=O)Nc1nc(-c2cccc([N+](=O)[O-])c2)cs1. The molecule has 0 radical (unpaired) electrons. The third-order valence-corrected chi connectivity index (χ3v) is 7.11. The van der Waals surface area contributed by atoms with Crippen molar-refractivity contribution in [1.29, 1.82) is 0 Å². The fraction of sp³-hybridized carbons (Fsp3) is 0.0769. The predicted octanol–water partition coefficient (Wildman–Crippen LogP) is 5.79. The highest BCUT2D eigenvalue weighted by molar-refractivity contribution is 8.00. The summed E-state index contributed by atoms with van der Waals surface area (Å²) in [5.41, 5.74) is 1.44. The number of hydrogen-bond acceptors (Lipinski definition) is 8. The summed E-state index contributed by atoms with van der Waals surface area (Å²) in [5, 5.41) is 27.4. The summed E-state index contributed by atoms with van der Waals surface area (Å²) < 4.78 is 0. The van der Waals surface area contributed by atoms with Crippen LogP contribution in [0.15, 0.2) is 83.1 Å². The number of carboxylic acid groups (broad SMARTS) is 1. The Kier molecular flexibility index (Phi) is 8.14. The lowest BCUT2D eigenvalue weighted by atomic mass is 10.1. The Bertz CT molecular complexity index is 1540. The molecule has 3 N–H and O–H groups in total. The van der Waals surface area contributed by atoms with E-state index >= 15 is 0 Å². The highest BCUT2D eigenvalue weighted by Crippen LogP contribution is 2.30. The van der Waals surface area contributed by atoms with Gasteiger partial charge in [0.05, 0.1) is 27.0 Å². The summed E-state index contributed by atoms with van der Waals surface area (Å²) >= 11 is 2.48. The van der Waals surface area contributed by atoms with E-state index in [1.807, 2.05) is 0 Å². The van der Waals surface area contributed by atoms with E-state index in [4.69, 9.17) is 0 Å². The number of benzene rings is 3. The molecule has 1 unspecified atom stereocenters. The van der Waals surface area contributed by atoms with Crippen LogP contribution < -0.4 is 10.6 Å². The molecule has 2 amide bonds. The van der Waals surface area contributed by atoms with Crippen LogP contribution in [-0.4, -0.2) is 38.0 Å². The second-order valence-corrected chi connectivity index (χ2v) is 10.2. The lowest BCUT2D eigenvalue weighted by Crippen LogP contribution is -2.22. The van der Waals surface area contributed by atoms with Crippen LogP contribution in [0.25, 0.3) is 11.3 Å². The van der Waals surface area contributed by atoms with Gasteiger partial charge in [-0.2, -0.15) is 0 Å². The maximum Gasteiger partial charge on any atom is 0.336 e. The van der Waals surface area contributed by atoms with E-state index in [-0.39, 0.29) is 22.7 Å². The minimum Gasteiger partial charge on any atom is -0.478 e. The third kappa shape index (κ3) is 6.41. The highest BCUT2D eigenvalue weighted by Gasteiger charge is 2.19. The van der Waals surface area contributed by atoms with Gasteiger partial charge in [0, 0.05) is 33.7 Å². The van der Waals surface area contributed by atoms with Crippen molar-refractivity contribution in [2.24, 2.45) is 0 Å². The molecule has 0 saturated heterocycles. The number of thioether (sulfide) groups is 1. The van der Waals surface area contributed by atoms with Gasteiger partial charge in [-0.3, -0.25) is 19.7 Å². The molecule has 0 bridgehead atoms. The molecule has 1 aromatic heterocycles. The number of amides is 2. The Morgan fingerprint density at radius 3 is 2.47 bits per heavy atom. The number of aromatic nitrogens is 1. The summed E-state index contributed by atoms with van der Waals surface area (Å²) in [6.45, 7) is 1.73. The predicted molar refractivity (Wildman–Crippen MR) is 146 cm³/mol. The normalized spacial score (nSPS) is 11.4. The fourth-order valence-electron chi connectivity index (χ4n) is 3.42. The van der Waals surface area contributed by atoms with Gasteiger partial charge in [-0.25, -0.2) is 9.78 Å². The third-order valence-electron chi connectivity index (χ3n) is 5.26. The number of nitro benzene ring substituents is 1. The summed E-state index contributed by atoms with van der Waals surface area (Å²) in [6, 6.07) is 18.9. The van der Waals surface area contributed by atoms with Gasteiger partial charge in [0.1, 0.15) is 0 Å². The van der Waals surface area contributed by atoms with Crippen LogP contribution in [0.5, 0.6) is 0 Å². The number of thiazole rings is 1. The smallest absolute Gasteiger partial charge is 0.336 e. The first kappa shape index (κ1) is 26.5. The van der Waals surface area contributed by atoms with E-state index in [2.05, 4.69) is 15.6 Å². The molecule has 0 fully saturated rings. The molecule has 0 aliphatic carbocycles. The Morgan fingerprint density at radius 2 is 1.74 bits per heavy atom. The molecule has 0 spiro atoms. The molecule has 3 aromatic carbocycles. The first-order valence-corrected chi connectivity index (χ1v) is 12.9. The van der Waals surface area contributed by atoms with E-state index in [9.17, 15) is 29.6 Å². The zero-order valence-electron chi connectivity index (χ0n) is 19.8. The molecule has 1 heterocycles. The van der Waals surface area contributed by atoms with Crippen LogP contribution in [0.3, 0.4) is 0 Å². The van der Waals surface area contributed by atoms with Crippen molar-refractivity contribution in [1.82, 2.24) is 4.98 Å². The minimum atomic E-state index is -1.20. The molecule has 1 atom stereocenters. The Morgan fingerprint density at radius 1 is 1.00 bits per heavy atom. The van der Waals surface area contributed by atoms with Crippen LogP contribution in [0.4, 0.5) is 16.5 Å². The van der Waals surface area contributed by atoms with E-state index in [1.54, 1.807) is 60.8 Å². The van der Waals surface area contributed by atoms with Crippen molar-refractivity contribution in [3.63, 3.8) is 0 Å². The standard InChI is InChI=1S/C26H20N4O6S2/c1-15(23(31)29-26-28-22(14-37-26)16-6-4-8-18(12-16)30(35)36)38-19-9-5-7-17(13-19)27-24(32)20-10-2-3-11-21(20)25(33)34/h2-15H,1H3,(H,27,32)(H,33,34)(H,28,29,31). The average molecular weight is 549 g/mol. The zero-order chi connectivity index (χ0) is 27.2. The molecular weight excluding hydrogens is 528 g/mol. The van der Waals surface area contributed by atoms with Crippen molar-refractivity contribution in [3.05, 3.63) is 99.4 Å². The van der Waals surface area contributed by atoms with Crippen LogP contribution in [0, 0.1) is 10.1 Å². The second-order valence-electron chi connectivity index (χ2n) is 7.93. The lowest BCUT2D eigenvalue weighted by Gasteiger charge is -2.12. The maximum atomic E-state index is 12.8. The number of carbonyl (C=O) groups excluding carboxylic acids is 2. The number of nitrogens with one attached hydrogen (secondary N) is 2. The first-order valence-electron chi connectivity index (χ1n) is 11.1. The number of rotatable bonds is 9. The number of carbonyl (C=O) groups is 3. The average Bonchev–Trinajstić information content (AvgIpc) is 3.37. The molecular formula is C26H20N4O6S2. The van der Waals surface area contributed by atoms with E-state index < -0.39 is 22.0 Å². The van der Waals surface area contributed by atoms with Crippen molar-refractivity contribution in [2.75, 3.05) is 10.6 Å². The highest BCUT2D eigenvalue weighted by atomic mass is 32.2. The van der Waals surface area contributed by atoms with E-state index in [1.165, 1.54) is 47.4 Å². The molecule has 0 aliphatic rings. The van der Waals surface area contributed by atoms with Crippen molar-refractivity contribution in [2.45, 2.75) is 17.1 Å². The van der Waals surface area contributed by atoms with Gasteiger partial charge in [-0.05, 0) is 37.3 Å².